The number of Topliss-reactive ketones (excluding diaryl/α,β-unsaturated/α-hetero) is 1. The normalized spacial score (nSPS) is 23.1. The van der Waals surface area contributed by atoms with E-state index in [1.54, 1.807) is 0 Å². The summed E-state index contributed by atoms with van der Waals surface area (Å²) in [5.41, 5.74) is 2.27. The molecule has 1 nitrogen and oxygen atoms in total. The summed E-state index contributed by atoms with van der Waals surface area (Å²) in [6.45, 7) is 10.5. The lowest BCUT2D eigenvalue weighted by Crippen LogP contribution is -2.29. The van der Waals surface area contributed by atoms with Gasteiger partial charge in [0.2, 0.25) is 0 Å². The molecule has 21 heavy (non-hydrogen) atoms. The van der Waals surface area contributed by atoms with Gasteiger partial charge in [0.25, 0.3) is 0 Å². The van der Waals surface area contributed by atoms with Crippen LogP contribution in [0, 0.1) is 36.9 Å². The van der Waals surface area contributed by atoms with Crippen molar-refractivity contribution in [1.29, 1.82) is 0 Å². The van der Waals surface area contributed by atoms with E-state index in [-0.39, 0.29) is 17.5 Å². The Bertz CT molecular complexity index is 508. The summed E-state index contributed by atoms with van der Waals surface area (Å²) >= 11 is 0. The van der Waals surface area contributed by atoms with E-state index in [1.807, 2.05) is 19.9 Å². The van der Waals surface area contributed by atoms with Crippen molar-refractivity contribution in [3.8, 4) is 0 Å². The largest absolute Gasteiger partial charge is 0.294 e. The molecule has 1 aliphatic rings. The van der Waals surface area contributed by atoms with Crippen molar-refractivity contribution in [2.75, 3.05) is 0 Å². The zero-order valence-electron chi connectivity index (χ0n) is 13.9. The van der Waals surface area contributed by atoms with E-state index in [4.69, 9.17) is 0 Å². The van der Waals surface area contributed by atoms with Gasteiger partial charge in [-0.25, -0.2) is 4.39 Å². The Morgan fingerprint density at radius 1 is 1.10 bits per heavy atom. The number of halogens is 1. The Hall–Kier alpha value is -1.18. The van der Waals surface area contributed by atoms with E-state index in [0.29, 0.717) is 16.9 Å². The molecule has 0 atom stereocenters. The van der Waals surface area contributed by atoms with Crippen LogP contribution in [0.1, 0.15) is 67.9 Å². The van der Waals surface area contributed by atoms with Crippen LogP contribution in [0.4, 0.5) is 4.39 Å². The van der Waals surface area contributed by atoms with Crippen LogP contribution in [0.2, 0.25) is 0 Å². The van der Waals surface area contributed by atoms with Gasteiger partial charge in [-0.1, -0.05) is 26.8 Å². The monoisotopic (exact) mass is 290 g/mol. The molecule has 0 aromatic heterocycles. The van der Waals surface area contributed by atoms with Gasteiger partial charge in [0.1, 0.15) is 5.82 Å². The summed E-state index contributed by atoms with van der Waals surface area (Å²) in [6.07, 6.45) is 3.94. The van der Waals surface area contributed by atoms with Crippen LogP contribution >= 0.6 is 0 Å². The van der Waals surface area contributed by atoms with E-state index in [0.717, 1.165) is 36.8 Å². The maximum absolute atomic E-state index is 14.2. The zero-order valence-corrected chi connectivity index (χ0v) is 13.9. The third-order valence-electron chi connectivity index (χ3n) is 5.00. The standard InChI is InChI=1S/C19H27FO/c1-12-10-13(2)17(16(20)11-12)18(21)14-6-8-15(9-7-14)19(3,4)5/h10-11,14-15H,6-9H2,1-5H3. The summed E-state index contributed by atoms with van der Waals surface area (Å²) in [4.78, 5) is 12.7. The van der Waals surface area contributed by atoms with Gasteiger partial charge >= 0.3 is 0 Å². The molecule has 0 aliphatic heterocycles. The Morgan fingerprint density at radius 2 is 1.67 bits per heavy atom. The summed E-state index contributed by atoms with van der Waals surface area (Å²) in [5.74, 6) is 0.331. The first-order valence-electron chi connectivity index (χ1n) is 8.01. The van der Waals surface area contributed by atoms with E-state index >= 15 is 0 Å². The highest BCUT2D eigenvalue weighted by molar-refractivity contribution is 5.99. The summed E-state index contributed by atoms with van der Waals surface area (Å²) in [7, 11) is 0. The minimum absolute atomic E-state index is 0.000457. The number of carbonyl (C=O) groups is 1. The molecular weight excluding hydrogens is 263 g/mol. The first kappa shape index (κ1) is 16.2. The molecule has 0 N–H and O–H groups in total. The van der Waals surface area contributed by atoms with E-state index in [1.165, 1.54) is 6.07 Å². The maximum Gasteiger partial charge on any atom is 0.169 e. The molecule has 116 valence electrons. The Balaban J connectivity index is 2.13. The first-order valence-corrected chi connectivity index (χ1v) is 8.01. The SMILES string of the molecule is Cc1cc(C)c(C(=O)C2CCC(C(C)(C)C)CC2)c(F)c1. The molecule has 0 radical (unpaired) electrons. The Kier molecular flexibility index (Phi) is 4.55. The number of aryl methyl sites for hydroxylation is 2. The highest BCUT2D eigenvalue weighted by Gasteiger charge is 2.33. The van der Waals surface area contributed by atoms with Crippen molar-refractivity contribution in [2.24, 2.45) is 17.3 Å². The van der Waals surface area contributed by atoms with Crippen molar-refractivity contribution >= 4 is 5.78 Å². The lowest BCUT2D eigenvalue weighted by Gasteiger charge is -2.36. The molecule has 2 heteroatoms. The summed E-state index contributed by atoms with van der Waals surface area (Å²) in [5, 5.41) is 0. The second kappa shape index (κ2) is 5.90. The lowest BCUT2D eigenvalue weighted by molar-refractivity contribution is 0.0814. The number of carbonyl (C=O) groups excluding carboxylic acids is 1. The topological polar surface area (TPSA) is 17.1 Å². The van der Waals surface area contributed by atoms with Crippen molar-refractivity contribution < 1.29 is 9.18 Å². The molecule has 0 spiro atoms. The Labute approximate surface area is 127 Å². The van der Waals surface area contributed by atoms with Crippen LogP contribution in [0.3, 0.4) is 0 Å². The predicted octanol–water partition coefficient (Wildman–Crippen LogP) is 5.48. The molecule has 0 bridgehead atoms. The highest BCUT2D eigenvalue weighted by atomic mass is 19.1. The molecule has 0 heterocycles. The third-order valence-corrected chi connectivity index (χ3v) is 5.00. The maximum atomic E-state index is 14.2. The molecule has 0 amide bonds. The quantitative estimate of drug-likeness (QED) is 0.659. The van der Waals surface area contributed by atoms with Gasteiger partial charge in [0.05, 0.1) is 5.56 Å². The molecule has 2 rings (SSSR count). The molecular formula is C19H27FO. The number of hydrogen-bond donors (Lipinski definition) is 0. The first-order chi connectivity index (χ1) is 9.70. The number of benzene rings is 1. The molecule has 1 aliphatic carbocycles. The van der Waals surface area contributed by atoms with Gasteiger partial charge in [-0.3, -0.25) is 4.79 Å². The van der Waals surface area contributed by atoms with Crippen molar-refractivity contribution in [2.45, 2.75) is 60.3 Å². The van der Waals surface area contributed by atoms with Crippen molar-refractivity contribution in [1.82, 2.24) is 0 Å². The predicted molar refractivity (Wildman–Crippen MR) is 85.1 cm³/mol. The van der Waals surface area contributed by atoms with Crippen LogP contribution in [0.5, 0.6) is 0 Å². The van der Waals surface area contributed by atoms with Crippen LogP contribution in [-0.4, -0.2) is 5.78 Å². The van der Waals surface area contributed by atoms with E-state index in [9.17, 15) is 9.18 Å². The second-order valence-electron chi connectivity index (χ2n) is 7.72. The number of hydrogen-bond acceptors (Lipinski definition) is 1. The fourth-order valence-corrected chi connectivity index (χ4v) is 3.65. The average molecular weight is 290 g/mol. The van der Waals surface area contributed by atoms with Gasteiger partial charge in [-0.2, -0.15) is 0 Å². The van der Waals surface area contributed by atoms with Crippen molar-refractivity contribution in [3.05, 3.63) is 34.6 Å². The van der Waals surface area contributed by atoms with Crippen LogP contribution in [0.25, 0.3) is 0 Å². The molecule has 1 aromatic rings. The van der Waals surface area contributed by atoms with Gasteiger partial charge < -0.3 is 0 Å². The van der Waals surface area contributed by atoms with Crippen LogP contribution in [-0.2, 0) is 0 Å². The third kappa shape index (κ3) is 3.53. The highest BCUT2D eigenvalue weighted by Crippen LogP contribution is 2.41. The number of rotatable bonds is 2. The minimum Gasteiger partial charge on any atom is -0.294 e. The second-order valence-corrected chi connectivity index (χ2v) is 7.72. The van der Waals surface area contributed by atoms with E-state index < -0.39 is 0 Å². The van der Waals surface area contributed by atoms with Crippen LogP contribution in [0.15, 0.2) is 12.1 Å². The zero-order chi connectivity index (χ0) is 15.8. The van der Waals surface area contributed by atoms with Gasteiger partial charge in [0.15, 0.2) is 5.78 Å². The number of ketones is 1. The van der Waals surface area contributed by atoms with Gasteiger partial charge in [-0.05, 0) is 68.1 Å². The molecule has 1 saturated carbocycles. The lowest BCUT2D eigenvalue weighted by atomic mass is 9.68. The molecule has 0 saturated heterocycles. The molecule has 1 fully saturated rings. The molecule has 1 aromatic carbocycles. The summed E-state index contributed by atoms with van der Waals surface area (Å²) in [6, 6.07) is 3.37. The van der Waals surface area contributed by atoms with Gasteiger partial charge in [-0.15, -0.1) is 0 Å². The average Bonchev–Trinajstić information content (AvgIpc) is 2.36. The van der Waals surface area contributed by atoms with Crippen molar-refractivity contribution in [3.63, 3.8) is 0 Å². The Morgan fingerprint density at radius 3 is 2.14 bits per heavy atom. The van der Waals surface area contributed by atoms with Crippen LogP contribution < -0.4 is 0 Å². The van der Waals surface area contributed by atoms with Gasteiger partial charge in [0, 0.05) is 5.92 Å². The fourth-order valence-electron chi connectivity index (χ4n) is 3.65. The van der Waals surface area contributed by atoms with E-state index in [2.05, 4.69) is 20.8 Å². The molecule has 0 unspecified atom stereocenters. The fraction of sp³-hybridized carbons (Fsp3) is 0.632. The smallest absolute Gasteiger partial charge is 0.169 e. The summed E-state index contributed by atoms with van der Waals surface area (Å²) < 4.78 is 14.2. The minimum atomic E-state index is -0.351.